The summed E-state index contributed by atoms with van der Waals surface area (Å²) >= 11 is 0. The number of aromatic nitrogens is 1. The summed E-state index contributed by atoms with van der Waals surface area (Å²) in [6, 6.07) is 11.5. The van der Waals surface area contributed by atoms with E-state index in [1.54, 1.807) is 6.20 Å². The minimum atomic E-state index is 0. The SMILES string of the molecule is Cl.O=C(c1ccc(OC2CCC2)cc1)N1CCNCC1c1cccnc1. The van der Waals surface area contributed by atoms with E-state index in [9.17, 15) is 4.79 Å². The summed E-state index contributed by atoms with van der Waals surface area (Å²) in [6.45, 7) is 2.25. The molecule has 0 radical (unpaired) electrons. The van der Waals surface area contributed by atoms with Gasteiger partial charge in [0.2, 0.25) is 0 Å². The molecule has 5 nitrogen and oxygen atoms in total. The molecule has 2 heterocycles. The van der Waals surface area contributed by atoms with Crippen LogP contribution >= 0.6 is 12.4 Å². The third-order valence-electron chi connectivity index (χ3n) is 5.03. The number of benzene rings is 1. The average Bonchev–Trinajstić information content (AvgIpc) is 2.65. The van der Waals surface area contributed by atoms with E-state index in [1.165, 1.54) is 6.42 Å². The maximum Gasteiger partial charge on any atom is 0.254 e. The van der Waals surface area contributed by atoms with Crippen LogP contribution in [-0.4, -0.2) is 41.5 Å². The molecule has 1 saturated heterocycles. The molecule has 1 aromatic carbocycles. The van der Waals surface area contributed by atoms with E-state index in [1.807, 2.05) is 47.5 Å². The first-order chi connectivity index (χ1) is 12.3. The fourth-order valence-corrected chi connectivity index (χ4v) is 3.34. The van der Waals surface area contributed by atoms with Crippen molar-refractivity contribution >= 4 is 18.3 Å². The van der Waals surface area contributed by atoms with Crippen molar-refractivity contribution in [2.45, 2.75) is 31.4 Å². The number of hydrogen-bond acceptors (Lipinski definition) is 4. The van der Waals surface area contributed by atoms with Crippen LogP contribution in [0.1, 0.15) is 41.2 Å². The average molecular weight is 374 g/mol. The zero-order chi connectivity index (χ0) is 17.1. The predicted molar refractivity (Wildman–Crippen MR) is 103 cm³/mol. The standard InChI is InChI=1S/C20H23N3O2.ClH/c24-20(15-6-8-18(9-7-15)25-17-4-1-5-17)23-12-11-22-14-19(23)16-3-2-10-21-13-16;/h2-3,6-10,13,17,19,22H,1,4-5,11-12,14H2;1H. The third-order valence-corrected chi connectivity index (χ3v) is 5.03. The normalized spacial score (nSPS) is 20.0. The number of nitrogens with zero attached hydrogens (tertiary/aromatic N) is 2. The lowest BCUT2D eigenvalue weighted by molar-refractivity contribution is 0.0634. The van der Waals surface area contributed by atoms with Crippen molar-refractivity contribution in [3.63, 3.8) is 0 Å². The van der Waals surface area contributed by atoms with Crippen LogP contribution in [0.3, 0.4) is 0 Å². The highest BCUT2D eigenvalue weighted by Crippen LogP contribution is 2.27. The van der Waals surface area contributed by atoms with Crippen molar-refractivity contribution in [1.82, 2.24) is 15.2 Å². The molecular formula is C20H24ClN3O2. The van der Waals surface area contributed by atoms with Crippen LogP contribution in [0.5, 0.6) is 5.75 Å². The molecule has 1 N–H and O–H groups in total. The van der Waals surface area contributed by atoms with Crippen LogP contribution in [-0.2, 0) is 0 Å². The van der Waals surface area contributed by atoms with Crippen molar-refractivity contribution in [2.75, 3.05) is 19.6 Å². The van der Waals surface area contributed by atoms with Gasteiger partial charge in [-0.2, -0.15) is 0 Å². The van der Waals surface area contributed by atoms with Crippen molar-refractivity contribution < 1.29 is 9.53 Å². The molecule has 2 aliphatic rings. The van der Waals surface area contributed by atoms with Gasteiger partial charge in [-0.15, -0.1) is 12.4 Å². The second kappa shape index (κ2) is 8.52. The Balaban J connectivity index is 0.00000196. The Bertz CT molecular complexity index is 720. The van der Waals surface area contributed by atoms with Gasteiger partial charge in [0.1, 0.15) is 5.75 Å². The van der Waals surface area contributed by atoms with E-state index in [2.05, 4.69) is 10.3 Å². The van der Waals surface area contributed by atoms with Crippen LogP contribution in [0, 0.1) is 0 Å². The smallest absolute Gasteiger partial charge is 0.254 e. The van der Waals surface area contributed by atoms with Crippen LogP contribution < -0.4 is 10.1 Å². The van der Waals surface area contributed by atoms with E-state index in [-0.39, 0.29) is 24.4 Å². The maximum atomic E-state index is 13.0. The number of piperazine rings is 1. The fraction of sp³-hybridized carbons (Fsp3) is 0.400. The van der Waals surface area contributed by atoms with Crippen molar-refractivity contribution in [1.29, 1.82) is 0 Å². The number of nitrogens with one attached hydrogen (secondary N) is 1. The molecule has 1 atom stereocenters. The van der Waals surface area contributed by atoms with Crippen LogP contribution in [0.15, 0.2) is 48.8 Å². The fourth-order valence-electron chi connectivity index (χ4n) is 3.34. The van der Waals surface area contributed by atoms with Gasteiger partial charge >= 0.3 is 0 Å². The molecule has 1 amide bonds. The molecule has 2 aromatic rings. The van der Waals surface area contributed by atoms with Gasteiger partial charge in [-0.1, -0.05) is 6.07 Å². The summed E-state index contributed by atoms with van der Waals surface area (Å²) in [7, 11) is 0. The van der Waals surface area contributed by atoms with Crippen LogP contribution in [0.4, 0.5) is 0 Å². The number of carbonyl (C=O) groups is 1. The van der Waals surface area contributed by atoms with Crippen LogP contribution in [0.25, 0.3) is 0 Å². The van der Waals surface area contributed by atoms with E-state index in [4.69, 9.17) is 4.74 Å². The van der Waals surface area contributed by atoms with Crippen molar-refractivity contribution in [2.24, 2.45) is 0 Å². The zero-order valence-corrected chi connectivity index (χ0v) is 15.5. The molecule has 4 rings (SSSR count). The summed E-state index contributed by atoms with van der Waals surface area (Å²) in [5.41, 5.74) is 1.77. The summed E-state index contributed by atoms with van der Waals surface area (Å²) in [5, 5.41) is 3.37. The van der Waals surface area contributed by atoms with Crippen molar-refractivity contribution in [3.8, 4) is 5.75 Å². The number of carbonyl (C=O) groups excluding carboxylic acids is 1. The maximum absolute atomic E-state index is 13.0. The minimum Gasteiger partial charge on any atom is -0.490 e. The second-order valence-corrected chi connectivity index (χ2v) is 6.70. The first kappa shape index (κ1) is 18.7. The van der Waals surface area contributed by atoms with Crippen LogP contribution in [0.2, 0.25) is 0 Å². The molecule has 26 heavy (non-hydrogen) atoms. The van der Waals surface area contributed by atoms with Gasteiger partial charge in [0.05, 0.1) is 12.1 Å². The number of pyridine rings is 1. The lowest BCUT2D eigenvalue weighted by Crippen LogP contribution is -2.48. The van der Waals surface area contributed by atoms with Gasteiger partial charge in [-0.3, -0.25) is 9.78 Å². The Labute approximate surface area is 160 Å². The molecular weight excluding hydrogens is 350 g/mol. The number of ether oxygens (including phenoxy) is 1. The largest absolute Gasteiger partial charge is 0.490 e. The third kappa shape index (κ3) is 4.00. The first-order valence-corrected chi connectivity index (χ1v) is 8.99. The topological polar surface area (TPSA) is 54.5 Å². The quantitative estimate of drug-likeness (QED) is 0.894. The summed E-state index contributed by atoms with van der Waals surface area (Å²) in [6.07, 6.45) is 7.47. The number of amides is 1. The molecule has 1 unspecified atom stereocenters. The van der Waals surface area contributed by atoms with E-state index in [0.29, 0.717) is 18.2 Å². The van der Waals surface area contributed by atoms with E-state index < -0.39 is 0 Å². The first-order valence-electron chi connectivity index (χ1n) is 8.99. The van der Waals surface area contributed by atoms with Gasteiger partial charge in [0, 0.05) is 37.6 Å². The summed E-state index contributed by atoms with van der Waals surface area (Å²) in [5.74, 6) is 0.913. The summed E-state index contributed by atoms with van der Waals surface area (Å²) in [4.78, 5) is 19.2. The Hall–Kier alpha value is -2.11. The molecule has 0 bridgehead atoms. The second-order valence-electron chi connectivity index (χ2n) is 6.70. The lowest BCUT2D eigenvalue weighted by atomic mass is 9.96. The minimum absolute atomic E-state index is 0. The molecule has 1 aromatic heterocycles. The molecule has 1 aliphatic carbocycles. The Morgan fingerprint density at radius 3 is 2.65 bits per heavy atom. The molecule has 6 heteroatoms. The highest BCUT2D eigenvalue weighted by Gasteiger charge is 2.28. The number of hydrogen-bond donors (Lipinski definition) is 1. The van der Waals surface area contributed by atoms with E-state index in [0.717, 1.165) is 37.2 Å². The van der Waals surface area contributed by atoms with Gasteiger partial charge in [-0.25, -0.2) is 0 Å². The predicted octanol–water partition coefficient (Wildman–Crippen LogP) is 3.22. The molecule has 138 valence electrons. The molecule has 1 saturated carbocycles. The number of rotatable bonds is 4. The highest BCUT2D eigenvalue weighted by atomic mass is 35.5. The molecule has 2 fully saturated rings. The van der Waals surface area contributed by atoms with Gasteiger partial charge in [0.15, 0.2) is 0 Å². The Kier molecular flexibility index (Phi) is 6.12. The number of halogens is 1. The Morgan fingerprint density at radius 2 is 2.00 bits per heavy atom. The molecule has 1 aliphatic heterocycles. The zero-order valence-electron chi connectivity index (χ0n) is 14.6. The van der Waals surface area contributed by atoms with Gasteiger partial charge < -0.3 is 15.0 Å². The van der Waals surface area contributed by atoms with Gasteiger partial charge in [0.25, 0.3) is 5.91 Å². The monoisotopic (exact) mass is 373 g/mol. The van der Waals surface area contributed by atoms with E-state index >= 15 is 0 Å². The highest BCUT2D eigenvalue weighted by molar-refractivity contribution is 5.94. The Morgan fingerprint density at radius 1 is 1.19 bits per heavy atom. The van der Waals surface area contributed by atoms with Gasteiger partial charge in [-0.05, 0) is 55.2 Å². The van der Waals surface area contributed by atoms with Crippen molar-refractivity contribution in [3.05, 3.63) is 59.9 Å². The summed E-state index contributed by atoms with van der Waals surface area (Å²) < 4.78 is 5.88. The lowest BCUT2D eigenvalue weighted by Gasteiger charge is -2.36. The molecule has 0 spiro atoms.